The number of anilines is 1. The van der Waals surface area contributed by atoms with E-state index < -0.39 is 9.84 Å². The summed E-state index contributed by atoms with van der Waals surface area (Å²) in [6.45, 7) is 3.79. The summed E-state index contributed by atoms with van der Waals surface area (Å²) in [5.74, 6) is 0.306. The average molecular weight is 310 g/mol. The maximum Gasteiger partial charge on any atom is 0.241 e. The lowest BCUT2D eigenvalue weighted by molar-refractivity contribution is -0.118. The number of aryl methyl sites for hydroxylation is 1. The van der Waals surface area contributed by atoms with Gasteiger partial charge in [-0.3, -0.25) is 4.79 Å². The Hall–Kier alpha value is -1.40. The zero-order valence-electron chi connectivity index (χ0n) is 12.4. The lowest BCUT2D eigenvalue weighted by atomic mass is 10.1. The van der Waals surface area contributed by atoms with Gasteiger partial charge in [0.05, 0.1) is 17.5 Å². The van der Waals surface area contributed by atoms with Gasteiger partial charge in [0, 0.05) is 11.7 Å². The molecule has 1 amide bonds. The molecular weight excluding hydrogens is 288 g/mol. The fourth-order valence-corrected chi connectivity index (χ4v) is 3.86. The van der Waals surface area contributed by atoms with Crippen LogP contribution >= 0.6 is 0 Å². The number of nitrogens with one attached hydrogen (secondary N) is 2. The summed E-state index contributed by atoms with van der Waals surface area (Å²) in [6, 6.07) is 7.36. The zero-order chi connectivity index (χ0) is 15.5. The fourth-order valence-electron chi connectivity index (χ4n) is 2.37. The summed E-state index contributed by atoms with van der Waals surface area (Å²) in [4.78, 5) is 12.1. The number of hydrogen-bond acceptors (Lipinski definition) is 4. The van der Waals surface area contributed by atoms with Crippen molar-refractivity contribution in [3.8, 4) is 0 Å². The Morgan fingerprint density at radius 1 is 1.19 bits per heavy atom. The summed E-state index contributed by atoms with van der Waals surface area (Å²) in [7, 11) is -2.86. The third kappa shape index (κ3) is 4.82. The number of sulfone groups is 1. The molecular formula is C15H22N2O3S. The molecule has 6 heteroatoms. The number of rotatable bonds is 4. The molecule has 2 N–H and O–H groups in total. The van der Waals surface area contributed by atoms with Crippen molar-refractivity contribution in [2.24, 2.45) is 0 Å². The largest absolute Gasteiger partial charge is 0.325 e. The van der Waals surface area contributed by atoms with Crippen molar-refractivity contribution < 1.29 is 13.2 Å². The van der Waals surface area contributed by atoms with Gasteiger partial charge in [-0.2, -0.15) is 0 Å². The van der Waals surface area contributed by atoms with Crippen molar-refractivity contribution in [3.05, 3.63) is 29.8 Å². The van der Waals surface area contributed by atoms with Crippen LogP contribution in [0.2, 0.25) is 0 Å². The molecule has 5 nitrogen and oxygen atoms in total. The second kappa shape index (κ2) is 6.58. The van der Waals surface area contributed by atoms with E-state index in [9.17, 15) is 13.2 Å². The molecule has 1 aromatic rings. The van der Waals surface area contributed by atoms with E-state index in [1.165, 1.54) is 0 Å². The van der Waals surface area contributed by atoms with Crippen molar-refractivity contribution in [2.75, 3.05) is 16.8 Å². The molecule has 116 valence electrons. The van der Waals surface area contributed by atoms with Crippen molar-refractivity contribution in [1.29, 1.82) is 0 Å². The van der Waals surface area contributed by atoms with Crippen molar-refractivity contribution in [2.45, 2.75) is 38.8 Å². The average Bonchev–Trinajstić information content (AvgIpc) is 2.43. The molecule has 1 saturated heterocycles. The molecule has 0 bridgehead atoms. The van der Waals surface area contributed by atoms with Gasteiger partial charge in [-0.25, -0.2) is 8.42 Å². The van der Waals surface area contributed by atoms with Gasteiger partial charge in [0.15, 0.2) is 0 Å². The van der Waals surface area contributed by atoms with Gasteiger partial charge in [0.1, 0.15) is 9.84 Å². The van der Waals surface area contributed by atoms with Crippen LogP contribution in [0.25, 0.3) is 0 Å². The lowest BCUT2D eigenvalue weighted by Gasteiger charge is -2.26. The highest BCUT2D eigenvalue weighted by Crippen LogP contribution is 2.13. The van der Waals surface area contributed by atoms with Gasteiger partial charge in [-0.15, -0.1) is 0 Å². The summed E-state index contributed by atoms with van der Waals surface area (Å²) >= 11 is 0. The van der Waals surface area contributed by atoms with E-state index in [0.29, 0.717) is 12.8 Å². The van der Waals surface area contributed by atoms with E-state index in [1.807, 2.05) is 31.2 Å². The third-order valence-electron chi connectivity index (χ3n) is 3.75. The van der Waals surface area contributed by atoms with E-state index >= 15 is 0 Å². The second-order valence-corrected chi connectivity index (χ2v) is 7.97. The molecule has 0 aromatic heterocycles. The predicted octanol–water partition coefficient (Wildman–Crippen LogP) is 1.49. The molecule has 1 aliphatic rings. The SMILES string of the molecule is Cc1ccc(NC(=O)C(C)NC2CCS(=O)(=O)CC2)cc1. The number of benzene rings is 1. The van der Waals surface area contributed by atoms with Crippen LogP contribution in [-0.2, 0) is 14.6 Å². The van der Waals surface area contributed by atoms with Gasteiger partial charge in [-0.05, 0) is 38.8 Å². The molecule has 1 atom stereocenters. The summed E-state index contributed by atoms with van der Waals surface area (Å²) in [5, 5.41) is 6.07. The van der Waals surface area contributed by atoms with Crippen LogP contribution in [0.3, 0.4) is 0 Å². The maximum atomic E-state index is 12.1. The molecule has 21 heavy (non-hydrogen) atoms. The van der Waals surface area contributed by atoms with E-state index in [1.54, 1.807) is 6.92 Å². The molecule has 0 saturated carbocycles. The van der Waals surface area contributed by atoms with Crippen molar-refractivity contribution >= 4 is 21.4 Å². The van der Waals surface area contributed by atoms with Crippen LogP contribution in [0.4, 0.5) is 5.69 Å². The van der Waals surface area contributed by atoms with Crippen LogP contribution in [0.1, 0.15) is 25.3 Å². The summed E-state index contributed by atoms with van der Waals surface area (Å²) < 4.78 is 22.8. The Bertz CT molecular complexity index is 582. The van der Waals surface area contributed by atoms with Gasteiger partial charge in [-0.1, -0.05) is 17.7 Å². The number of carbonyl (C=O) groups excluding carboxylic acids is 1. The van der Waals surface area contributed by atoms with Gasteiger partial charge in [0.25, 0.3) is 0 Å². The number of amides is 1. The fraction of sp³-hybridized carbons (Fsp3) is 0.533. The predicted molar refractivity (Wildman–Crippen MR) is 84.1 cm³/mol. The Balaban J connectivity index is 1.84. The molecule has 1 heterocycles. The molecule has 0 spiro atoms. The molecule has 0 radical (unpaired) electrons. The first kappa shape index (κ1) is 16.0. The highest BCUT2D eigenvalue weighted by atomic mass is 32.2. The Labute approximate surface area is 126 Å². The van der Waals surface area contributed by atoms with Crippen LogP contribution in [0, 0.1) is 6.92 Å². The maximum absolute atomic E-state index is 12.1. The minimum atomic E-state index is -2.86. The quantitative estimate of drug-likeness (QED) is 0.883. The summed E-state index contributed by atoms with van der Waals surface area (Å²) in [5.41, 5.74) is 1.91. The molecule has 1 unspecified atom stereocenters. The molecule has 1 fully saturated rings. The lowest BCUT2D eigenvalue weighted by Crippen LogP contribution is -2.47. The summed E-state index contributed by atoms with van der Waals surface area (Å²) in [6.07, 6.45) is 1.15. The van der Waals surface area contributed by atoms with E-state index in [-0.39, 0.29) is 29.5 Å². The monoisotopic (exact) mass is 310 g/mol. The third-order valence-corrected chi connectivity index (χ3v) is 5.47. The number of carbonyl (C=O) groups is 1. The first-order valence-electron chi connectivity index (χ1n) is 7.20. The minimum absolute atomic E-state index is 0.0901. The normalized spacial score (nSPS) is 19.9. The Kier molecular flexibility index (Phi) is 5.00. The first-order chi connectivity index (χ1) is 9.85. The van der Waals surface area contributed by atoms with Crippen LogP contribution in [0.15, 0.2) is 24.3 Å². The van der Waals surface area contributed by atoms with Gasteiger partial charge < -0.3 is 10.6 Å². The smallest absolute Gasteiger partial charge is 0.241 e. The standard InChI is InChI=1S/C15H22N2O3S/c1-11-3-5-13(6-4-11)17-15(18)12(2)16-14-7-9-21(19,20)10-8-14/h3-6,12,14,16H,7-10H2,1-2H3,(H,17,18). The Morgan fingerprint density at radius 3 is 2.33 bits per heavy atom. The van der Waals surface area contributed by atoms with E-state index in [0.717, 1.165) is 11.3 Å². The van der Waals surface area contributed by atoms with Gasteiger partial charge >= 0.3 is 0 Å². The van der Waals surface area contributed by atoms with Crippen molar-refractivity contribution in [3.63, 3.8) is 0 Å². The highest BCUT2D eigenvalue weighted by molar-refractivity contribution is 7.91. The van der Waals surface area contributed by atoms with Crippen LogP contribution in [0.5, 0.6) is 0 Å². The minimum Gasteiger partial charge on any atom is -0.325 e. The molecule has 1 aromatic carbocycles. The Morgan fingerprint density at radius 2 is 1.76 bits per heavy atom. The van der Waals surface area contributed by atoms with Crippen molar-refractivity contribution in [1.82, 2.24) is 5.32 Å². The number of hydrogen-bond donors (Lipinski definition) is 2. The van der Waals surface area contributed by atoms with Crippen LogP contribution < -0.4 is 10.6 Å². The second-order valence-electron chi connectivity index (χ2n) is 5.67. The van der Waals surface area contributed by atoms with E-state index in [2.05, 4.69) is 10.6 Å². The molecule has 2 rings (SSSR count). The molecule has 1 aliphatic heterocycles. The van der Waals surface area contributed by atoms with E-state index in [4.69, 9.17) is 0 Å². The van der Waals surface area contributed by atoms with Gasteiger partial charge in [0.2, 0.25) is 5.91 Å². The highest BCUT2D eigenvalue weighted by Gasteiger charge is 2.26. The topological polar surface area (TPSA) is 75.3 Å². The zero-order valence-corrected chi connectivity index (χ0v) is 13.2. The first-order valence-corrected chi connectivity index (χ1v) is 9.02. The molecule has 0 aliphatic carbocycles. The van der Waals surface area contributed by atoms with Crippen LogP contribution in [-0.4, -0.2) is 37.9 Å².